The second kappa shape index (κ2) is 3.81. The first-order valence-corrected chi connectivity index (χ1v) is 4.79. The van der Waals surface area contributed by atoms with E-state index in [0.29, 0.717) is 11.3 Å². The van der Waals surface area contributed by atoms with Crippen molar-refractivity contribution in [3.63, 3.8) is 0 Å². The molecule has 0 amide bonds. The summed E-state index contributed by atoms with van der Waals surface area (Å²) in [5.74, 6) is 0.00933. The summed E-state index contributed by atoms with van der Waals surface area (Å²) in [5.41, 5.74) is 0.802. The Hall–Kier alpha value is -2.10. The molecule has 1 aromatic heterocycles. The average Bonchev–Trinajstić information content (AvgIpc) is 2.19. The van der Waals surface area contributed by atoms with Crippen molar-refractivity contribution < 1.29 is 13.9 Å². The van der Waals surface area contributed by atoms with Crippen LogP contribution in [0.15, 0.2) is 33.5 Å². The minimum atomic E-state index is -0.426. The van der Waals surface area contributed by atoms with Gasteiger partial charge < -0.3 is 9.15 Å². The molecule has 2 rings (SSSR count). The molecule has 0 radical (unpaired) electrons. The highest BCUT2D eigenvalue weighted by Gasteiger charge is 2.06. The van der Waals surface area contributed by atoms with Crippen molar-refractivity contribution in [3.8, 4) is 5.75 Å². The van der Waals surface area contributed by atoms with E-state index in [4.69, 9.17) is 9.15 Å². The van der Waals surface area contributed by atoms with Crippen LogP contribution in [0.2, 0.25) is 0 Å². The topological polar surface area (TPSA) is 56.5 Å². The van der Waals surface area contributed by atoms with Crippen molar-refractivity contribution in [1.29, 1.82) is 0 Å². The molecule has 82 valence electrons. The third-order valence-corrected chi connectivity index (χ3v) is 2.17. The predicted octanol–water partition coefficient (Wildman–Crippen LogP) is 2.03. The lowest BCUT2D eigenvalue weighted by Crippen LogP contribution is -2.03. The number of esters is 1. The lowest BCUT2D eigenvalue weighted by molar-refractivity contribution is -0.131. The Bertz CT molecular complexity index is 610. The van der Waals surface area contributed by atoms with Gasteiger partial charge in [0.2, 0.25) is 0 Å². The number of rotatable bonds is 1. The van der Waals surface area contributed by atoms with Crippen LogP contribution in [-0.2, 0) is 4.79 Å². The molecule has 0 aliphatic rings. The maximum atomic E-state index is 11.0. The number of carbonyl (C=O) groups excluding carboxylic acids is 1. The van der Waals surface area contributed by atoms with E-state index in [0.717, 1.165) is 10.9 Å². The summed E-state index contributed by atoms with van der Waals surface area (Å²) in [6.07, 6.45) is 0. The maximum absolute atomic E-state index is 11.0. The van der Waals surface area contributed by atoms with Gasteiger partial charge in [-0.2, -0.15) is 0 Å². The second-order valence-corrected chi connectivity index (χ2v) is 3.50. The molecule has 0 saturated heterocycles. The van der Waals surface area contributed by atoms with E-state index in [2.05, 4.69) is 0 Å². The molecule has 0 spiro atoms. The zero-order chi connectivity index (χ0) is 11.7. The van der Waals surface area contributed by atoms with Gasteiger partial charge >= 0.3 is 11.6 Å². The molecule has 2 aromatic rings. The molecule has 4 nitrogen and oxygen atoms in total. The SMILES string of the molecule is CC(=O)Oc1cc2oc(=O)ccc2cc1C. The van der Waals surface area contributed by atoms with Gasteiger partial charge in [0.05, 0.1) is 0 Å². The molecule has 4 heteroatoms. The van der Waals surface area contributed by atoms with Crippen molar-refractivity contribution in [3.05, 3.63) is 40.2 Å². The number of benzene rings is 1. The van der Waals surface area contributed by atoms with Gasteiger partial charge in [-0.15, -0.1) is 0 Å². The van der Waals surface area contributed by atoms with Crippen LogP contribution in [0, 0.1) is 6.92 Å². The molecule has 0 atom stereocenters. The molecule has 0 aliphatic heterocycles. The fraction of sp³-hybridized carbons (Fsp3) is 0.167. The van der Waals surface area contributed by atoms with Gasteiger partial charge in [-0.25, -0.2) is 4.79 Å². The van der Waals surface area contributed by atoms with Gasteiger partial charge in [-0.05, 0) is 24.6 Å². The van der Waals surface area contributed by atoms with E-state index in [-0.39, 0.29) is 0 Å². The Morgan fingerprint density at radius 2 is 2.06 bits per heavy atom. The zero-order valence-corrected chi connectivity index (χ0v) is 8.94. The highest BCUT2D eigenvalue weighted by Crippen LogP contribution is 2.24. The summed E-state index contributed by atoms with van der Waals surface area (Å²) in [6.45, 7) is 3.15. The monoisotopic (exact) mass is 218 g/mol. The fourth-order valence-corrected chi connectivity index (χ4v) is 1.48. The molecule has 1 aromatic carbocycles. The minimum absolute atomic E-state index is 0.402. The van der Waals surface area contributed by atoms with Crippen LogP contribution in [-0.4, -0.2) is 5.97 Å². The van der Waals surface area contributed by atoms with Crippen molar-refractivity contribution in [1.82, 2.24) is 0 Å². The van der Waals surface area contributed by atoms with E-state index >= 15 is 0 Å². The molecule has 0 N–H and O–H groups in total. The fourth-order valence-electron chi connectivity index (χ4n) is 1.48. The van der Waals surface area contributed by atoms with Gasteiger partial charge in [0.15, 0.2) is 0 Å². The molecule has 1 heterocycles. The summed E-state index contributed by atoms with van der Waals surface area (Å²) in [6, 6.07) is 6.38. The highest BCUT2D eigenvalue weighted by molar-refractivity contribution is 5.80. The number of ether oxygens (including phenoxy) is 1. The van der Waals surface area contributed by atoms with Crippen LogP contribution in [0.3, 0.4) is 0 Å². The van der Waals surface area contributed by atoms with Crippen LogP contribution in [0.5, 0.6) is 5.75 Å². The average molecular weight is 218 g/mol. The highest BCUT2D eigenvalue weighted by atomic mass is 16.5. The van der Waals surface area contributed by atoms with E-state index in [9.17, 15) is 9.59 Å². The van der Waals surface area contributed by atoms with Gasteiger partial charge in [-0.1, -0.05) is 0 Å². The molecular weight excluding hydrogens is 208 g/mol. The summed E-state index contributed by atoms with van der Waals surface area (Å²) < 4.78 is 9.98. The van der Waals surface area contributed by atoms with Crippen LogP contribution >= 0.6 is 0 Å². The molecule has 0 bridgehead atoms. The van der Waals surface area contributed by atoms with Gasteiger partial charge in [0.25, 0.3) is 0 Å². The van der Waals surface area contributed by atoms with Crippen molar-refractivity contribution in [2.75, 3.05) is 0 Å². The molecule has 0 fully saturated rings. The Kier molecular flexibility index (Phi) is 2.48. The number of hydrogen-bond acceptors (Lipinski definition) is 4. The standard InChI is InChI=1S/C12H10O4/c1-7-5-9-3-4-12(14)16-11(9)6-10(7)15-8(2)13/h3-6H,1-2H3. The largest absolute Gasteiger partial charge is 0.426 e. The minimum Gasteiger partial charge on any atom is -0.426 e. The van der Waals surface area contributed by atoms with E-state index in [1.807, 2.05) is 6.92 Å². The van der Waals surface area contributed by atoms with Gasteiger partial charge in [0.1, 0.15) is 11.3 Å². The smallest absolute Gasteiger partial charge is 0.336 e. The summed E-state index contributed by atoms with van der Waals surface area (Å²) in [4.78, 5) is 21.9. The van der Waals surface area contributed by atoms with E-state index < -0.39 is 11.6 Å². The third kappa shape index (κ3) is 1.95. The van der Waals surface area contributed by atoms with Gasteiger partial charge in [-0.3, -0.25) is 4.79 Å². The van der Waals surface area contributed by atoms with E-state index in [1.165, 1.54) is 13.0 Å². The van der Waals surface area contributed by atoms with Crippen LogP contribution in [0.25, 0.3) is 11.0 Å². The maximum Gasteiger partial charge on any atom is 0.336 e. The Morgan fingerprint density at radius 3 is 2.75 bits per heavy atom. The van der Waals surface area contributed by atoms with E-state index in [1.54, 1.807) is 18.2 Å². The molecule has 16 heavy (non-hydrogen) atoms. The van der Waals surface area contributed by atoms with Gasteiger partial charge in [0, 0.05) is 24.4 Å². The number of aryl methyl sites for hydroxylation is 1. The Labute approximate surface area is 91.4 Å². The van der Waals surface area contributed by atoms with Crippen molar-refractivity contribution >= 4 is 16.9 Å². The first-order valence-electron chi connectivity index (χ1n) is 4.79. The summed E-state index contributed by atoms with van der Waals surface area (Å²) in [7, 11) is 0. The number of fused-ring (bicyclic) bond motifs is 1. The van der Waals surface area contributed by atoms with Crippen LogP contribution in [0.1, 0.15) is 12.5 Å². The number of hydrogen-bond donors (Lipinski definition) is 0. The molecule has 0 saturated carbocycles. The number of carbonyl (C=O) groups is 1. The Balaban J connectivity index is 2.63. The predicted molar refractivity (Wildman–Crippen MR) is 58.5 cm³/mol. The Morgan fingerprint density at radius 1 is 1.31 bits per heavy atom. The summed E-state index contributed by atoms with van der Waals surface area (Å²) in [5, 5.41) is 0.799. The first kappa shape index (κ1) is 10.4. The molecule has 0 unspecified atom stereocenters. The first-order chi connectivity index (χ1) is 7.56. The molecular formula is C12H10O4. The lowest BCUT2D eigenvalue weighted by Gasteiger charge is -2.06. The molecule has 0 aliphatic carbocycles. The van der Waals surface area contributed by atoms with Crippen molar-refractivity contribution in [2.24, 2.45) is 0 Å². The van der Waals surface area contributed by atoms with Crippen molar-refractivity contribution in [2.45, 2.75) is 13.8 Å². The normalized spacial score (nSPS) is 10.4. The quantitative estimate of drug-likeness (QED) is 0.417. The second-order valence-electron chi connectivity index (χ2n) is 3.50. The van der Waals surface area contributed by atoms with Crippen LogP contribution in [0.4, 0.5) is 0 Å². The third-order valence-electron chi connectivity index (χ3n) is 2.17. The zero-order valence-electron chi connectivity index (χ0n) is 8.94. The van der Waals surface area contributed by atoms with Crippen LogP contribution < -0.4 is 10.4 Å². The lowest BCUT2D eigenvalue weighted by atomic mass is 10.1. The summed E-state index contributed by atoms with van der Waals surface area (Å²) >= 11 is 0.